The standard InChI is InChI=1S/C19H20FN3O/c1-19(2,3)16-6-5-14(9-17(16)20)24-15-7-8-21-18(10-15)13-11-22-23(4)12-13/h5-12H,1-4H3. The number of hydrogen-bond acceptors (Lipinski definition) is 3. The average Bonchev–Trinajstić information content (AvgIpc) is 2.93. The van der Waals surface area contributed by atoms with Gasteiger partial charge in [0.25, 0.3) is 0 Å². The first-order valence-corrected chi connectivity index (χ1v) is 7.76. The zero-order valence-electron chi connectivity index (χ0n) is 14.2. The van der Waals surface area contributed by atoms with E-state index < -0.39 is 0 Å². The summed E-state index contributed by atoms with van der Waals surface area (Å²) in [6.45, 7) is 5.94. The molecular formula is C19H20FN3O. The first kappa shape index (κ1) is 16.2. The van der Waals surface area contributed by atoms with Gasteiger partial charge >= 0.3 is 0 Å². The van der Waals surface area contributed by atoms with Crippen molar-refractivity contribution in [2.75, 3.05) is 0 Å². The molecule has 2 aromatic heterocycles. The molecule has 0 N–H and O–H groups in total. The summed E-state index contributed by atoms with van der Waals surface area (Å²) in [5, 5.41) is 4.14. The Kier molecular flexibility index (Phi) is 4.09. The van der Waals surface area contributed by atoms with E-state index in [2.05, 4.69) is 10.1 Å². The van der Waals surface area contributed by atoms with E-state index in [4.69, 9.17) is 4.74 Å². The third kappa shape index (κ3) is 3.45. The molecule has 0 atom stereocenters. The van der Waals surface area contributed by atoms with Gasteiger partial charge < -0.3 is 4.74 Å². The highest BCUT2D eigenvalue weighted by Gasteiger charge is 2.18. The smallest absolute Gasteiger partial charge is 0.131 e. The monoisotopic (exact) mass is 325 g/mol. The van der Waals surface area contributed by atoms with Crippen LogP contribution in [0.5, 0.6) is 11.5 Å². The molecular weight excluding hydrogens is 305 g/mol. The zero-order valence-corrected chi connectivity index (χ0v) is 14.2. The van der Waals surface area contributed by atoms with E-state index in [1.165, 1.54) is 6.07 Å². The molecule has 0 fully saturated rings. The van der Waals surface area contributed by atoms with Gasteiger partial charge in [0.1, 0.15) is 17.3 Å². The highest BCUT2D eigenvalue weighted by atomic mass is 19.1. The summed E-state index contributed by atoms with van der Waals surface area (Å²) in [6.07, 6.45) is 5.28. The van der Waals surface area contributed by atoms with E-state index in [1.54, 1.807) is 35.3 Å². The molecule has 0 aliphatic carbocycles. The van der Waals surface area contributed by atoms with Crippen molar-refractivity contribution >= 4 is 0 Å². The Labute approximate surface area is 140 Å². The molecule has 0 amide bonds. The predicted molar refractivity (Wildman–Crippen MR) is 91.6 cm³/mol. The van der Waals surface area contributed by atoms with Crippen LogP contribution in [-0.4, -0.2) is 14.8 Å². The molecule has 0 bridgehead atoms. The van der Waals surface area contributed by atoms with Gasteiger partial charge in [0.2, 0.25) is 0 Å². The number of hydrogen-bond donors (Lipinski definition) is 0. The molecule has 0 saturated heterocycles. The maximum Gasteiger partial charge on any atom is 0.131 e. The predicted octanol–water partition coefficient (Wildman–Crippen LogP) is 4.71. The van der Waals surface area contributed by atoms with Crippen LogP contribution in [0.15, 0.2) is 48.9 Å². The van der Waals surface area contributed by atoms with Crippen LogP contribution >= 0.6 is 0 Å². The van der Waals surface area contributed by atoms with Gasteiger partial charge in [-0.1, -0.05) is 26.8 Å². The lowest BCUT2D eigenvalue weighted by Crippen LogP contribution is -2.13. The molecule has 0 aliphatic heterocycles. The molecule has 3 aromatic rings. The number of halogens is 1. The minimum absolute atomic E-state index is 0.243. The molecule has 124 valence electrons. The van der Waals surface area contributed by atoms with E-state index in [1.807, 2.05) is 40.1 Å². The second kappa shape index (κ2) is 6.07. The SMILES string of the molecule is Cn1cc(-c2cc(Oc3ccc(C(C)(C)C)c(F)c3)ccn2)cn1. The molecule has 0 unspecified atom stereocenters. The van der Waals surface area contributed by atoms with Crippen LogP contribution in [0, 0.1) is 5.82 Å². The highest BCUT2D eigenvalue weighted by molar-refractivity contribution is 5.58. The Morgan fingerprint density at radius 3 is 2.46 bits per heavy atom. The number of benzene rings is 1. The molecule has 1 aromatic carbocycles. The number of ether oxygens (including phenoxy) is 1. The second-order valence-corrected chi connectivity index (χ2v) is 6.77. The van der Waals surface area contributed by atoms with Gasteiger partial charge in [-0.25, -0.2) is 4.39 Å². The maximum absolute atomic E-state index is 14.3. The average molecular weight is 325 g/mol. The lowest BCUT2D eigenvalue weighted by atomic mass is 9.87. The summed E-state index contributed by atoms with van der Waals surface area (Å²) in [6, 6.07) is 8.54. The van der Waals surface area contributed by atoms with Crippen LogP contribution in [0.4, 0.5) is 4.39 Å². The molecule has 3 rings (SSSR count). The third-order valence-electron chi connectivity index (χ3n) is 3.72. The third-order valence-corrected chi connectivity index (χ3v) is 3.72. The van der Waals surface area contributed by atoms with Crippen LogP contribution < -0.4 is 4.74 Å². The molecule has 2 heterocycles. The van der Waals surface area contributed by atoms with Gasteiger partial charge in [-0.05, 0) is 23.1 Å². The molecule has 0 saturated carbocycles. The Hall–Kier alpha value is -2.69. The largest absolute Gasteiger partial charge is 0.457 e. The van der Waals surface area contributed by atoms with Crippen LogP contribution in [0.25, 0.3) is 11.3 Å². The van der Waals surface area contributed by atoms with Crippen molar-refractivity contribution in [3.8, 4) is 22.8 Å². The summed E-state index contributed by atoms with van der Waals surface area (Å²) < 4.78 is 21.8. The van der Waals surface area contributed by atoms with E-state index in [-0.39, 0.29) is 11.2 Å². The first-order valence-electron chi connectivity index (χ1n) is 7.76. The van der Waals surface area contributed by atoms with Gasteiger partial charge in [0, 0.05) is 37.1 Å². The number of pyridine rings is 1. The van der Waals surface area contributed by atoms with Crippen molar-refractivity contribution in [2.45, 2.75) is 26.2 Å². The van der Waals surface area contributed by atoms with E-state index in [0.717, 1.165) is 11.3 Å². The fraction of sp³-hybridized carbons (Fsp3) is 0.263. The number of rotatable bonds is 3. The lowest BCUT2D eigenvalue weighted by Gasteiger charge is -2.20. The quantitative estimate of drug-likeness (QED) is 0.700. The molecule has 24 heavy (non-hydrogen) atoms. The van der Waals surface area contributed by atoms with Crippen molar-refractivity contribution in [1.29, 1.82) is 0 Å². The van der Waals surface area contributed by atoms with Gasteiger partial charge in [0.15, 0.2) is 0 Å². The second-order valence-electron chi connectivity index (χ2n) is 6.77. The normalized spacial score (nSPS) is 11.5. The molecule has 0 aliphatic rings. The van der Waals surface area contributed by atoms with Gasteiger partial charge in [-0.2, -0.15) is 5.10 Å². The number of nitrogens with zero attached hydrogens (tertiary/aromatic N) is 3. The van der Waals surface area contributed by atoms with Crippen LogP contribution in [0.2, 0.25) is 0 Å². The van der Waals surface area contributed by atoms with E-state index in [9.17, 15) is 4.39 Å². The van der Waals surface area contributed by atoms with Crippen molar-refractivity contribution in [1.82, 2.24) is 14.8 Å². The van der Waals surface area contributed by atoms with Gasteiger partial charge in [-0.3, -0.25) is 9.67 Å². The topological polar surface area (TPSA) is 39.9 Å². The van der Waals surface area contributed by atoms with Crippen LogP contribution in [0.3, 0.4) is 0 Å². The molecule has 4 nitrogen and oxygen atoms in total. The van der Waals surface area contributed by atoms with Crippen LogP contribution in [0.1, 0.15) is 26.3 Å². The number of aromatic nitrogens is 3. The van der Waals surface area contributed by atoms with E-state index >= 15 is 0 Å². The Morgan fingerprint density at radius 1 is 1.08 bits per heavy atom. The van der Waals surface area contributed by atoms with E-state index in [0.29, 0.717) is 17.1 Å². The van der Waals surface area contributed by atoms with Crippen LogP contribution in [-0.2, 0) is 12.5 Å². The van der Waals surface area contributed by atoms with Crippen molar-refractivity contribution < 1.29 is 9.13 Å². The Bertz CT molecular complexity index is 865. The zero-order chi connectivity index (χ0) is 17.3. The fourth-order valence-corrected chi connectivity index (χ4v) is 2.49. The summed E-state index contributed by atoms with van der Waals surface area (Å²) >= 11 is 0. The van der Waals surface area contributed by atoms with Gasteiger partial charge in [0.05, 0.1) is 11.9 Å². The summed E-state index contributed by atoms with van der Waals surface area (Å²) in [4.78, 5) is 4.32. The number of aryl methyl sites for hydroxylation is 1. The van der Waals surface area contributed by atoms with Crippen molar-refractivity contribution in [3.63, 3.8) is 0 Å². The Morgan fingerprint density at radius 2 is 1.83 bits per heavy atom. The minimum Gasteiger partial charge on any atom is -0.457 e. The van der Waals surface area contributed by atoms with Crippen molar-refractivity contribution in [2.24, 2.45) is 7.05 Å². The first-order chi connectivity index (χ1) is 11.3. The Balaban J connectivity index is 1.85. The summed E-state index contributed by atoms with van der Waals surface area (Å²) in [7, 11) is 1.85. The molecule has 0 radical (unpaired) electrons. The molecule has 5 heteroatoms. The lowest BCUT2D eigenvalue weighted by molar-refractivity contribution is 0.468. The summed E-state index contributed by atoms with van der Waals surface area (Å²) in [5.41, 5.74) is 2.08. The highest BCUT2D eigenvalue weighted by Crippen LogP contribution is 2.30. The minimum atomic E-state index is -0.262. The summed E-state index contributed by atoms with van der Waals surface area (Å²) in [5.74, 6) is 0.803. The molecule has 0 spiro atoms. The maximum atomic E-state index is 14.3. The fourth-order valence-electron chi connectivity index (χ4n) is 2.49. The van der Waals surface area contributed by atoms with Crippen molar-refractivity contribution in [3.05, 3.63) is 60.3 Å². The van der Waals surface area contributed by atoms with Gasteiger partial charge in [-0.15, -0.1) is 0 Å².